The van der Waals surface area contributed by atoms with Crippen molar-refractivity contribution in [3.8, 4) is 17.1 Å². The van der Waals surface area contributed by atoms with Crippen LogP contribution >= 0.6 is 0 Å². The summed E-state index contributed by atoms with van der Waals surface area (Å²) in [5, 5.41) is 8.56. The quantitative estimate of drug-likeness (QED) is 0.161. The van der Waals surface area contributed by atoms with Crippen LogP contribution in [0.2, 0.25) is 0 Å². The molecule has 6 nitrogen and oxygen atoms in total. The molecule has 0 saturated heterocycles. The van der Waals surface area contributed by atoms with E-state index in [4.69, 9.17) is 14.6 Å². The summed E-state index contributed by atoms with van der Waals surface area (Å²) in [6.07, 6.45) is 19.7. The molecule has 0 aliphatic rings. The van der Waals surface area contributed by atoms with Crippen molar-refractivity contribution in [1.29, 1.82) is 0 Å². The summed E-state index contributed by atoms with van der Waals surface area (Å²) in [7, 11) is 0. The first-order valence-electron chi connectivity index (χ1n) is 13.2. The van der Waals surface area contributed by atoms with E-state index in [0.29, 0.717) is 18.2 Å². The molecule has 2 rings (SSSR count). The molecule has 0 unspecified atom stereocenters. The Morgan fingerprint density at radius 1 is 0.857 bits per heavy atom. The third-order valence-electron chi connectivity index (χ3n) is 5.78. The van der Waals surface area contributed by atoms with Gasteiger partial charge in [0.25, 0.3) is 0 Å². The van der Waals surface area contributed by atoms with E-state index in [0.717, 1.165) is 70.1 Å². The van der Waals surface area contributed by atoms with Gasteiger partial charge in [0.2, 0.25) is 0 Å². The lowest BCUT2D eigenvalue weighted by molar-refractivity contribution is -0.131. The van der Waals surface area contributed by atoms with Crippen molar-refractivity contribution in [1.82, 2.24) is 9.97 Å². The van der Waals surface area contributed by atoms with Gasteiger partial charge in [-0.1, -0.05) is 69.4 Å². The van der Waals surface area contributed by atoms with Gasteiger partial charge < -0.3 is 14.6 Å². The van der Waals surface area contributed by atoms with Gasteiger partial charge in [0.15, 0.2) is 11.6 Å². The first-order valence-corrected chi connectivity index (χ1v) is 13.2. The molecule has 1 heterocycles. The Labute approximate surface area is 210 Å². The van der Waals surface area contributed by atoms with Gasteiger partial charge in [-0.25, -0.2) is 14.8 Å². The maximum atomic E-state index is 10.4. The number of benzene rings is 1. The predicted octanol–water partition coefficient (Wildman–Crippen LogP) is 7.03. The summed E-state index contributed by atoms with van der Waals surface area (Å²) in [6.45, 7) is 4.51. The minimum atomic E-state index is -0.866. The van der Waals surface area contributed by atoms with Crippen molar-refractivity contribution in [2.45, 2.75) is 84.0 Å². The van der Waals surface area contributed by atoms with Gasteiger partial charge in [-0.2, -0.15) is 0 Å². The minimum absolute atomic E-state index is 0.650. The van der Waals surface area contributed by atoms with Gasteiger partial charge in [0.05, 0.1) is 19.0 Å². The number of carboxylic acids is 1. The number of ether oxygens (including phenoxy) is 2. The summed E-state index contributed by atoms with van der Waals surface area (Å²) >= 11 is 0. The zero-order chi connectivity index (χ0) is 25.0. The monoisotopic (exact) mass is 482 g/mol. The average Bonchev–Trinajstić information content (AvgIpc) is 2.87. The van der Waals surface area contributed by atoms with E-state index in [1.54, 1.807) is 18.5 Å². The highest BCUT2D eigenvalue weighted by atomic mass is 16.5. The van der Waals surface area contributed by atoms with Crippen LogP contribution in [0.4, 0.5) is 0 Å². The van der Waals surface area contributed by atoms with Crippen molar-refractivity contribution in [2.75, 3.05) is 19.8 Å². The molecular formula is C29H42N2O4. The molecule has 1 N–H and O–H groups in total. The third-order valence-corrected chi connectivity index (χ3v) is 5.78. The second-order valence-electron chi connectivity index (χ2n) is 8.86. The van der Waals surface area contributed by atoms with Crippen LogP contribution in [-0.4, -0.2) is 40.9 Å². The van der Waals surface area contributed by atoms with Gasteiger partial charge in [0.1, 0.15) is 0 Å². The number of hydrogen-bond acceptors (Lipinski definition) is 5. The molecule has 2 aromatic rings. The summed E-state index contributed by atoms with van der Waals surface area (Å²) in [6, 6.07) is 8.48. The molecule has 0 bridgehead atoms. The maximum Gasteiger partial charge on any atom is 0.327 e. The number of carboxylic acid groups (broad SMARTS) is 1. The van der Waals surface area contributed by atoms with Crippen LogP contribution in [0.5, 0.6) is 5.75 Å². The number of unbranched alkanes of at least 4 members (excludes halogenated alkanes) is 8. The lowest BCUT2D eigenvalue weighted by atomic mass is 10.0. The normalized spacial score (nSPS) is 11.2. The summed E-state index contributed by atoms with van der Waals surface area (Å²) in [5.74, 6) is 0.544. The molecule has 35 heavy (non-hydrogen) atoms. The molecule has 6 heteroatoms. The topological polar surface area (TPSA) is 81.5 Å². The van der Waals surface area contributed by atoms with Crippen LogP contribution in [0.3, 0.4) is 0 Å². The summed E-state index contributed by atoms with van der Waals surface area (Å²) < 4.78 is 11.4. The van der Waals surface area contributed by atoms with Crippen LogP contribution in [0.25, 0.3) is 11.4 Å². The molecule has 192 valence electrons. The van der Waals surface area contributed by atoms with Crippen molar-refractivity contribution < 1.29 is 19.4 Å². The molecule has 1 aromatic heterocycles. The lowest BCUT2D eigenvalue weighted by Gasteiger charge is -2.07. The van der Waals surface area contributed by atoms with Crippen LogP contribution in [-0.2, 0) is 16.0 Å². The Morgan fingerprint density at radius 3 is 2.23 bits per heavy atom. The number of hydrogen-bond donors (Lipinski definition) is 1. The van der Waals surface area contributed by atoms with Crippen molar-refractivity contribution in [2.24, 2.45) is 0 Å². The van der Waals surface area contributed by atoms with E-state index in [1.165, 1.54) is 37.3 Å². The lowest BCUT2D eigenvalue weighted by Crippen LogP contribution is -2.02. The minimum Gasteiger partial charge on any atom is -0.490 e. The van der Waals surface area contributed by atoms with E-state index in [1.807, 2.05) is 0 Å². The van der Waals surface area contributed by atoms with Crippen molar-refractivity contribution in [3.63, 3.8) is 0 Å². The zero-order valence-corrected chi connectivity index (χ0v) is 21.3. The molecule has 0 saturated carbocycles. The number of nitrogens with zero attached hydrogens (tertiary/aromatic N) is 2. The highest BCUT2D eigenvalue weighted by Gasteiger charge is 2.03. The molecule has 0 radical (unpaired) electrons. The highest BCUT2D eigenvalue weighted by Crippen LogP contribution is 2.19. The van der Waals surface area contributed by atoms with Gasteiger partial charge in [-0.15, -0.1) is 0 Å². The number of aromatic nitrogens is 2. The van der Waals surface area contributed by atoms with Crippen LogP contribution in [0, 0.1) is 0 Å². The van der Waals surface area contributed by atoms with E-state index >= 15 is 0 Å². The molecule has 0 atom stereocenters. The van der Waals surface area contributed by atoms with Crippen molar-refractivity contribution in [3.05, 3.63) is 54.4 Å². The molecule has 1 aromatic carbocycles. The predicted molar refractivity (Wildman–Crippen MR) is 141 cm³/mol. The Hall–Kier alpha value is -2.73. The summed E-state index contributed by atoms with van der Waals surface area (Å²) in [4.78, 5) is 19.3. The number of aryl methyl sites for hydroxylation is 1. The van der Waals surface area contributed by atoms with Crippen LogP contribution in [0.1, 0.15) is 83.1 Å². The van der Waals surface area contributed by atoms with Gasteiger partial charge >= 0.3 is 5.97 Å². The fourth-order valence-corrected chi connectivity index (χ4v) is 3.72. The smallest absolute Gasteiger partial charge is 0.327 e. The zero-order valence-electron chi connectivity index (χ0n) is 21.3. The maximum absolute atomic E-state index is 10.4. The van der Waals surface area contributed by atoms with Crippen LogP contribution < -0.4 is 4.74 Å². The largest absolute Gasteiger partial charge is 0.490 e. The third kappa shape index (κ3) is 13.7. The Kier molecular flexibility index (Phi) is 15.1. The van der Waals surface area contributed by atoms with E-state index < -0.39 is 5.97 Å². The van der Waals surface area contributed by atoms with Gasteiger partial charge in [-0.05, 0) is 50.5 Å². The Balaban J connectivity index is 1.58. The van der Waals surface area contributed by atoms with Gasteiger partial charge in [0, 0.05) is 24.9 Å². The number of rotatable bonds is 20. The number of allylic oxidation sites excluding steroid dienone is 1. The number of aliphatic carboxylic acids is 1. The van der Waals surface area contributed by atoms with Crippen LogP contribution in [0.15, 0.2) is 48.8 Å². The highest BCUT2D eigenvalue weighted by molar-refractivity contribution is 5.79. The molecule has 0 spiro atoms. The van der Waals surface area contributed by atoms with E-state index in [-0.39, 0.29) is 0 Å². The molecule has 0 aliphatic carbocycles. The fraction of sp³-hybridized carbons (Fsp3) is 0.552. The first-order chi connectivity index (χ1) is 17.2. The molecular weight excluding hydrogens is 440 g/mol. The second-order valence-corrected chi connectivity index (χ2v) is 8.86. The molecule has 0 aliphatic heterocycles. The Bertz CT molecular complexity index is 835. The average molecular weight is 483 g/mol. The second kappa shape index (κ2) is 18.6. The first kappa shape index (κ1) is 28.5. The molecule has 0 amide bonds. The standard InChI is InChI=1S/C29H42N2O4/c1-2-3-11-20-34-21-12-13-22-35-27-23-30-29(31-24-27)26-18-16-25(17-19-26)14-9-7-5-4-6-8-10-15-28(32)33/h10,15-19,23-24H,2-9,11-14,20-22H2,1H3,(H,32,33)/b15-10+. The Morgan fingerprint density at radius 2 is 1.51 bits per heavy atom. The van der Waals surface area contributed by atoms with E-state index in [9.17, 15) is 4.79 Å². The molecule has 0 fully saturated rings. The van der Waals surface area contributed by atoms with Crippen molar-refractivity contribution >= 4 is 5.97 Å². The van der Waals surface area contributed by atoms with E-state index in [2.05, 4.69) is 41.2 Å². The SMILES string of the molecule is CCCCCOCCCCOc1cnc(-c2ccc(CCCCCCC/C=C/C(=O)O)cc2)nc1. The fourth-order valence-electron chi connectivity index (χ4n) is 3.72. The summed E-state index contributed by atoms with van der Waals surface area (Å²) in [5.41, 5.74) is 2.34. The van der Waals surface area contributed by atoms with Gasteiger partial charge in [-0.3, -0.25) is 0 Å². The number of carbonyl (C=O) groups is 1.